The van der Waals surface area contributed by atoms with Gasteiger partial charge in [-0.05, 0) is 63.3 Å². The van der Waals surface area contributed by atoms with Gasteiger partial charge in [-0.25, -0.2) is 4.68 Å². The van der Waals surface area contributed by atoms with Gasteiger partial charge in [0.2, 0.25) is 0 Å². The van der Waals surface area contributed by atoms with Gasteiger partial charge >= 0.3 is 0 Å². The predicted octanol–water partition coefficient (Wildman–Crippen LogP) is 3.95. The van der Waals surface area contributed by atoms with E-state index in [4.69, 9.17) is 5.10 Å². The Kier molecular flexibility index (Phi) is 4.30. The molecule has 0 bridgehead atoms. The number of hydrogen-bond donors (Lipinski definition) is 0. The number of nitrogens with zero attached hydrogens (tertiary/aromatic N) is 4. The fourth-order valence-electron chi connectivity index (χ4n) is 4.62. The van der Waals surface area contributed by atoms with Crippen LogP contribution in [0.2, 0.25) is 0 Å². The van der Waals surface area contributed by atoms with Gasteiger partial charge in [-0.1, -0.05) is 17.7 Å². The van der Waals surface area contributed by atoms with Crippen LogP contribution in [-0.2, 0) is 12.8 Å². The SMILES string of the molecule is Cc1ccc(-n2nc(C(=O)N3CCC(n4cccc4)CC3)c3c2CCC3)cc1. The summed E-state index contributed by atoms with van der Waals surface area (Å²) < 4.78 is 4.27. The average Bonchev–Trinajstić information content (AvgIpc) is 3.46. The third-order valence-electron chi connectivity index (χ3n) is 6.21. The van der Waals surface area contributed by atoms with Crippen LogP contribution in [0.3, 0.4) is 0 Å². The number of likely N-dealkylation sites (tertiary alicyclic amines) is 1. The highest BCUT2D eigenvalue weighted by molar-refractivity contribution is 5.94. The number of aromatic nitrogens is 3. The first kappa shape index (κ1) is 17.3. The van der Waals surface area contributed by atoms with Gasteiger partial charge in [0.05, 0.1) is 5.69 Å². The van der Waals surface area contributed by atoms with Crippen LogP contribution in [0.1, 0.15) is 52.6 Å². The number of amides is 1. The van der Waals surface area contributed by atoms with Crippen molar-refractivity contribution >= 4 is 5.91 Å². The molecule has 144 valence electrons. The van der Waals surface area contributed by atoms with Gasteiger partial charge in [-0.15, -0.1) is 0 Å². The summed E-state index contributed by atoms with van der Waals surface area (Å²) in [6.45, 7) is 3.69. The Balaban J connectivity index is 1.38. The van der Waals surface area contributed by atoms with Crippen LogP contribution >= 0.6 is 0 Å². The molecule has 0 unspecified atom stereocenters. The van der Waals surface area contributed by atoms with Crippen molar-refractivity contribution in [3.63, 3.8) is 0 Å². The number of benzene rings is 1. The summed E-state index contributed by atoms with van der Waals surface area (Å²) in [4.78, 5) is 15.3. The Hall–Kier alpha value is -2.82. The number of carbonyl (C=O) groups is 1. The molecule has 1 fully saturated rings. The lowest BCUT2D eigenvalue weighted by Crippen LogP contribution is -2.39. The molecule has 2 aliphatic rings. The average molecular weight is 374 g/mol. The summed E-state index contributed by atoms with van der Waals surface area (Å²) in [5, 5.41) is 4.80. The van der Waals surface area contributed by atoms with Gasteiger partial charge in [-0.3, -0.25) is 4.79 Å². The van der Waals surface area contributed by atoms with Crippen molar-refractivity contribution in [2.45, 2.75) is 45.1 Å². The van der Waals surface area contributed by atoms with Gasteiger partial charge in [0, 0.05) is 42.8 Å². The number of aryl methyl sites for hydroxylation is 1. The normalized spacial score (nSPS) is 17.1. The molecule has 3 heterocycles. The minimum Gasteiger partial charge on any atom is -0.351 e. The predicted molar refractivity (Wildman–Crippen MR) is 109 cm³/mol. The van der Waals surface area contributed by atoms with Gasteiger partial charge < -0.3 is 9.47 Å². The Labute approximate surface area is 165 Å². The van der Waals surface area contributed by atoms with E-state index >= 15 is 0 Å². The van der Waals surface area contributed by atoms with Crippen molar-refractivity contribution in [3.05, 3.63) is 71.3 Å². The van der Waals surface area contributed by atoms with Crippen LogP contribution in [0.15, 0.2) is 48.8 Å². The molecule has 3 aromatic rings. The molecule has 5 heteroatoms. The zero-order chi connectivity index (χ0) is 19.1. The lowest BCUT2D eigenvalue weighted by molar-refractivity contribution is 0.0687. The molecule has 0 N–H and O–H groups in total. The molecule has 0 atom stereocenters. The highest BCUT2D eigenvalue weighted by Crippen LogP contribution is 2.30. The fraction of sp³-hybridized carbons (Fsp3) is 0.391. The first-order valence-electron chi connectivity index (χ1n) is 10.3. The Morgan fingerprint density at radius 1 is 1.04 bits per heavy atom. The highest BCUT2D eigenvalue weighted by Gasteiger charge is 2.31. The maximum Gasteiger partial charge on any atom is 0.274 e. The molecule has 2 aromatic heterocycles. The lowest BCUT2D eigenvalue weighted by Gasteiger charge is -2.32. The maximum atomic E-state index is 13.3. The second kappa shape index (κ2) is 6.97. The highest BCUT2D eigenvalue weighted by atomic mass is 16.2. The monoisotopic (exact) mass is 374 g/mol. The largest absolute Gasteiger partial charge is 0.351 e. The Bertz CT molecular complexity index is 977. The van der Waals surface area contributed by atoms with E-state index in [-0.39, 0.29) is 5.91 Å². The van der Waals surface area contributed by atoms with E-state index in [1.165, 1.54) is 11.3 Å². The van der Waals surface area contributed by atoms with Crippen LogP contribution in [0.4, 0.5) is 0 Å². The van der Waals surface area contributed by atoms with Crippen molar-refractivity contribution in [3.8, 4) is 5.69 Å². The number of carbonyl (C=O) groups excluding carboxylic acids is 1. The molecule has 0 saturated carbocycles. The standard InChI is InChI=1S/C23H26N4O/c1-17-7-9-19(10-8-17)27-21-6-4-5-20(21)22(24-27)23(28)26-15-11-18(12-16-26)25-13-2-3-14-25/h2-3,7-10,13-14,18H,4-6,11-12,15-16H2,1H3. The molecule has 28 heavy (non-hydrogen) atoms. The molecule has 1 saturated heterocycles. The van der Waals surface area contributed by atoms with E-state index in [0.717, 1.165) is 56.4 Å². The van der Waals surface area contributed by atoms with E-state index in [9.17, 15) is 4.79 Å². The molecule has 0 spiro atoms. The number of fused-ring (bicyclic) bond motifs is 1. The molecular weight excluding hydrogens is 348 g/mol. The van der Waals surface area contributed by atoms with Crippen molar-refractivity contribution in [1.29, 1.82) is 0 Å². The second-order valence-corrected chi connectivity index (χ2v) is 8.03. The van der Waals surface area contributed by atoms with E-state index in [0.29, 0.717) is 11.7 Å². The maximum absolute atomic E-state index is 13.3. The van der Waals surface area contributed by atoms with E-state index in [1.54, 1.807) is 0 Å². The molecule has 0 radical (unpaired) electrons. The van der Waals surface area contributed by atoms with Crippen molar-refractivity contribution in [2.75, 3.05) is 13.1 Å². The molecule has 1 aliphatic carbocycles. The van der Waals surface area contributed by atoms with E-state index in [1.807, 2.05) is 9.58 Å². The van der Waals surface area contributed by atoms with Crippen molar-refractivity contribution in [2.24, 2.45) is 0 Å². The van der Waals surface area contributed by atoms with Gasteiger partial charge in [0.25, 0.3) is 5.91 Å². The molecule has 1 aromatic carbocycles. The molecule has 1 aliphatic heterocycles. The molecule has 5 rings (SSSR count). The van der Waals surface area contributed by atoms with Gasteiger partial charge in [0.15, 0.2) is 5.69 Å². The molecular formula is C23H26N4O. The van der Waals surface area contributed by atoms with Gasteiger partial charge in [-0.2, -0.15) is 5.10 Å². The summed E-state index contributed by atoms with van der Waals surface area (Å²) >= 11 is 0. The minimum absolute atomic E-state index is 0.106. The van der Waals surface area contributed by atoms with E-state index in [2.05, 4.69) is 60.3 Å². The Morgan fingerprint density at radius 3 is 2.46 bits per heavy atom. The summed E-state index contributed by atoms with van der Waals surface area (Å²) in [5.74, 6) is 0.106. The summed E-state index contributed by atoms with van der Waals surface area (Å²) in [6, 6.07) is 13.0. The molecule has 5 nitrogen and oxygen atoms in total. The summed E-state index contributed by atoms with van der Waals surface area (Å²) in [7, 11) is 0. The van der Waals surface area contributed by atoms with Crippen LogP contribution in [0.5, 0.6) is 0 Å². The summed E-state index contributed by atoms with van der Waals surface area (Å²) in [5.41, 5.74) is 5.34. The van der Waals surface area contributed by atoms with E-state index < -0.39 is 0 Å². The van der Waals surface area contributed by atoms with Crippen LogP contribution in [0.25, 0.3) is 5.69 Å². The minimum atomic E-state index is 0.106. The van der Waals surface area contributed by atoms with Crippen LogP contribution < -0.4 is 0 Å². The smallest absolute Gasteiger partial charge is 0.274 e. The number of hydrogen-bond acceptors (Lipinski definition) is 2. The number of rotatable bonds is 3. The van der Waals surface area contributed by atoms with Crippen LogP contribution in [-0.4, -0.2) is 38.2 Å². The second-order valence-electron chi connectivity index (χ2n) is 8.03. The van der Waals surface area contributed by atoms with Crippen LogP contribution in [0, 0.1) is 6.92 Å². The quantitative estimate of drug-likeness (QED) is 0.697. The third-order valence-corrected chi connectivity index (χ3v) is 6.21. The third kappa shape index (κ3) is 2.95. The van der Waals surface area contributed by atoms with Crippen molar-refractivity contribution in [1.82, 2.24) is 19.2 Å². The Morgan fingerprint density at radius 2 is 1.75 bits per heavy atom. The van der Waals surface area contributed by atoms with Gasteiger partial charge in [0.1, 0.15) is 0 Å². The van der Waals surface area contributed by atoms with Crippen molar-refractivity contribution < 1.29 is 4.79 Å². The first-order chi connectivity index (χ1) is 13.7. The summed E-state index contributed by atoms with van der Waals surface area (Å²) in [6.07, 6.45) is 9.31. The lowest BCUT2D eigenvalue weighted by atomic mass is 10.0. The number of piperidine rings is 1. The zero-order valence-electron chi connectivity index (χ0n) is 16.3. The topological polar surface area (TPSA) is 43.1 Å². The fourth-order valence-corrected chi connectivity index (χ4v) is 4.62. The zero-order valence-corrected chi connectivity index (χ0v) is 16.3. The first-order valence-corrected chi connectivity index (χ1v) is 10.3. The molecule has 1 amide bonds.